The Labute approximate surface area is 121 Å². The zero-order chi connectivity index (χ0) is 13.9. The second kappa shape index (κ2) is 9.77. The first-order valence-electron chi connectivity index (χ1n) is 6.07. The Morgan fingerprint density at radius 1 is 1.21 bits per heavy atom. The molecule has 2 N–H and O–H groups in total. The number of benzene rings is 1. The lowest BCUT2D eigenvalue weighted by molar-refractivity contribution is -0.120. The van der Waals surface area contributed by atoms with E-state index in [2.05, 4.69) is 26.6 Å². The summed E-state index contributed by atoms with van der Waals surface area (Å²) in [5, 5.41) is 5.73. The molecule has 1 aromatic rings. The van der Waals surface area contributed by atoms with Gasteiger partial charge >= 0.3 is 0 Å². The van der Waals surface area contributed by atoms with E-state index in [-0.39, 0.29) is 5.91 Å². The molecule has 5 nitrogen and oxygen atoms in total. The molecule has 1 rings (SSSR count). The summed E-state index contributed by atoms with van der Waals surface area (Å²) in [6.45, 7) is 2.49. The van der Waals surface area contributed by atoms with Crippen LogP contribution in [0.4, 0.5) is 0 Å². The summed E-state index contributed by atoms with van der Waals surface area (Å²) in [6.07, 6.45) is 0. The standard InChI is InChI=1S/C13H19BrN2O3/c1-18-8-6-15-10-13(17)16-7-9-19-12-4-2-11(14)3-5-12/h2-5,15H,6-10H2,1H3,(H,16,17). The number of carbonyl (C=O) groups is 1. The van der Waals surface area contributed by atoms with E-state index in [4.69, 9.17) is 9.47 Å². The van der Waals surface area contributed by atoms with Crippen molar-refractivity contribution in [3.63, 3.8) is 0 Å². The van der Waals surface area contributed by atoms with Crippen molar-refractivity contribution in [1.29, 1.82) is 0 Å². The van der Waals surface area contributed by atoms with Crippen LogP contribution in [0.1, 0.15) is 0 Å². The van der Waals surface area contributed by atoms with Gasteiger partial charge in [0.25, 0.3) is 0 Å². The van der Waals surface area contributed by atoms with E-state index in [9.17, 15) is 4.79 Å². The number of amides is 1. The van der Waals surface area contributed by atoms with Crippen molar-refractivity contribution in [3.8, 4) is 5.75 Å². The molecular weight excluding hydrogens is 312 g/mol. The van der Waals surface area contributed by atoms with E-state index in [1.54, 1.807) is 7.11 Å². The lowest BCUT2D eigenvalue weighted by atomic mass is 10.3. The molecular formula is C13H19BrN2O3. The molecule has 0 bridgehead atoms. The van der Waals surface area contributed by atoms with E-state index in [0.717, 1.165) is 10.2 Å². The van der Waals surface area contributed by atoms with Gasteiger partial charge in [-0.2, -0.15) is 0 Å². The van der Waals surface area contributed by atoms with E-state index >= 15 is 0 Å². The van der Waals surface area contributed by atoms with Crippen molar-refractivity contribution in [1.82, 2.24) is 10.6 Å². The molecule has 6 heteroatoms. The van der Waals surface area contributed by atoms with Crippen molar-refractivity contribution in [3.05, 3.63) is 28.7 Å². The van der Waals surface area contributed by atoms with Crippen LogP contribution in [0.5, 0.6) is 5.75 Å². The van der Waals surface area contributed by atoms with Crippen LogP contribution in [-0.2, 0) is 9.53 Å². The van der Waals surface area contributed by atoms with Gasteiger partial charge < -0.3 is 20.1 Å². The third-order valence-electron chi connectivity index (χ3n) is 2.28. The highest BCUT2D eigenvalue weighted by atomic mass is 79.9. The summed E-state index contributed by atoms with van der Waals surface area (Å²) >= 11 is 3.35. The van der Waals surface area contributed by atoms with Gasteiger partial charge in [0.15, 0.2) is 0 Å². The lowest BCUT2D eigenvalue weighted by Gasteiger charge is -2.08. The zero-order valence-electron chi connectivity index (χ0n) is 10.9. The van der Waals surface area contributed by atoms with Gasteiger partial charge in [-0.05, 0) is 24.3 Å². The molecule has 1 amide bonds. The van der Waals surface area contributed by atoms with Gasteiger partial charge in [-0.3, -0.25) is 4.79 Å². The number of rotatable bonds is 9. The Morgan fingerprint density at radius 2 is 1.95 bits per heavy atom. The molecule has 0 atom stereocenters. The van der Waals surface area contributed by atoms with Gasteiger partial charge in [-0.15, -0.1) is 0 Å². The van der Waals surface area contributed by atoms with Gasteiger partial charge in [0.1, 0.15) is 12.4 Å². The minimum atomic E-state index is -0.0458. The molecule has 19 heavy (non-hydrogen) atoms. The molecule has 0 radical (unpaired) electrons. The molecule has 106 valence electrons. The molecule has 0 aliphatic rings. The van der Waals surface area contributed by atoms with E-state index in [1.807, 2.05) is 24.3 Å². The van der Waals surface area contributed by atoms with Gasteiger partial charge in [-0.25, -0.2) is 0 Å². The Balaban J connectivity index is 2.03. The van der Waals surface area contributed by atoms with Crippen LogP contribution in [0, 0.1) is 0 Å². The molecule has 0 fully saturated rings. The van der Waals surface area contributed by atoms with E-state index < -0.39 is 0 Å². The molecule has 0 aromatic heterocycles. The maximum absolute atomic E-state index is 11.4. The molecule has 0 spiro atoms. The first-order chi connectivity index (χ1) is 9.22. The largest absolute Gasteiger partial charge is 0.492 e. The topological polar surface area (TPSA) is 59.6 Å². The average Bonchev–Trinajstić information content (AvgIpc) is 2.42. The fourth-order valence-electron chi connectivity index (χ4n) is 1.33. The van der Waals surface area contributed by atoms with Crippen molar-refractivity contribution in [2.75, 3.05) is 40.0 Å². The van der Waals surface area contributed by atoms with Crippen molar-refractivity contribution >= 4 is 21.8 Å². The smallest absolute Gasteiger partial charge is 0.234 e. The van der Waals surface area contributed by atoms with Gasteiger partial charge in [-0.1, -0.05) is 15.9 Å². The number of hydrogen-bond donors (Lipinski definition) is 2. The quantitative estimate of drug-likeness (QED) is 0.667. The summed E-state index contributed by atoms with van der Waals surface area (Å²) in [5.74, 6) is 0.742. The van der Waals surface area contributed by atoms with Crippen LogP contribution in [-0.4, -0.2) is 45.9 Å². The Morgan fingerprint density at radius 3 is 2.63 bits per heavy atom. The minimum Gasteiger partial charge on any atom is -0.492 e. The fourth-order valence-corrected chi connectivity index (χ4v) is 1.59. The van der Waals surface area contributed by atoms with Crippen LogP contribution >= 0.6 is 15.9 Å². The molecule has 0 saturated heterocycles. The SMILES string of the molecule is COCCNCC(=O)NCCOc1ccc(Br)cc1. The minimum absolute atomic E-state index is 0.0458. The van der Waals surface area contributed by atoms with Gasteiger partial charge in [0.05, 0.1) is 19.7 Å². The molecule has 0 saturated carbocycles. The number of halogens is 1. The van der Waals surface area contributed by atoms with Crippen LogP contribution in [0.25, 0.3) is 0 Å². The normalized spacial score (nSPS) is 10.2. The number of methoxy groups -OCH3 is 1. The van der Waals surface area contributed by atoms with Crippen LogP contribution < -0.4 is 15.4 Å². The number of carbonyl (C=O) groups excluding carboxylic acids is 1. The highest BCUT2D eigenvalue weighted by molar-refractivity contribution is 9.10. The summed E-state index contributed by atoms with van der Waals surface area (Å²) in [6, 6.07) is 7.57. The second-order valence-corrected chi connectivity index (χ2v) is 4.74. The first kappa shape index (κ1) is 15.9. The molecule has 0 aliphatic carbocycles. The Hall–Kier alpha value is -1.11. The van der Waals surface area contributed by atoms with Crippen LogP contribution in [0.2, 0.25) is 0 Å². The number of hydrogen-bond acceptors (Lipinski definition) is 4. The highest BCUT2D eigenvalue weighted by Gasteiger charge is 1.99. The van der Waals surface area contributed by atoms with Crippen LogP contribution in [0.3, 0.4) is 0 Å². The highest BCUT2D eigenvalue weighted by Crippen LogP contribution is 2.15. The Kier molecular flexibility index (Phi) is 8.20. The predicted molar refractivity (Wildman–Crippen MR) is 77.4 cm³/mol. The zero-order valence-corrected chi connectivity index (χ0v) is 12.5. The Bertz CT molecular complexity index is 371. The maximum Gasteiger partial charge on any atom is 0.234 e. The summed E-state index contributed by atoms with van der Waals surface area (Å²) in [4.78, 5) is 11.4. The van der Waals surface area contributed by atoms with E-state index in [1.165, 1.54) is 0 Å². The summed E-state index contributed by atoms with van der Waals surface area (Å²) in [5.41, 5.74) is 0. The second-order valence-electron chi connectivity index (χ2n) is 3.82. The molecule has 0 heterocycles. The van der Waals surface area contributed by atoms with Crippen molar-refractivity contribution in [2.45, 2.75) is 0 Å². The summed E-state index contributed by atoms with van der Waals surface area (Å²) < 4.78 is 11.3. The monoisotopic (exact) mass is 330 g/mol. The maximum atomic E-state index is 11.4. The van der Waals surface area contributed by atoms with Gasteiger partial charge in [0.2, 0.25) is 5.91 Å². The lowest BCUT2D eigenvalue weighted by Crippen LogP contribution is -2.37. The van der Waals surface area contributed by atoms with Gasteiger partial charge in [0, 0.05) is 18.1 Å². The predicted octanol–water partition coefficient (Wildman–Crippen LogP) is 1.18. The van der Waals surface area contributed by atoms with Crippen molar-refractivity contribution in [2.24, 2.45) is 0 Å². The number of ether oxygens (including phenoxy) is 2. The number of nitrogens with one attached hydrogen (secondary N) is 2. The average molecular weight is 331 g/mol. The van der Waals surface area contributed by atoms with Crippen molar-refractivity contribution < 1.29 is 14.3 Å². The van der Waals surface area contributed by atoms with E-state index in [0.29, 0.717) is 32.8 Å². The third-order valence-corrected chi connectivity index (χ3v) is 2.80. The third kappa shape index (κ3) is 7.81. The molecule has 1 aromatic carbocycles. The summed E-state index contributed by atoms with van der Waals surface area (Å²) in [7, 11) is 1.63. The van der Waals surface area contributed by atoms with Crippen LogP contribution in [0.15, 0.2) is 28.7 Å². The first-order valence-corrected chi connectivity index (χ1v) is 6.86. The molecule has 0 unspecified atom stereocenters. The fraction of sp³-hybridized carbons (Fsp3) is 0.462. The molecule has 0 aliphatic heterocycles.